The smallest absolute Gasteiger partial charge is 0.328 e. The monoisotopic (exact) mass is 1060 g/mol. The van der Waals surface area contributed by atoms with Crippen molar-refractivity contribution in [3.05, 3.63) is 46.6 Å². The molecule has 0 aromatic carbocycles. The molecular weight excluding hydrogens is 957 g/mol. The summed E-state index contributed by atoms with van der Waals surface area (Å²) in [4.78, 5) is 42.2. The number of rotatable bonds is 26. The van der Waals surface area contributed by atoms with Crippen LogP contribution < -0.4 is 0 Å². The number of allylic oxidation sites excluding steroid dienone is 8. The first-order valence-corrected chi connectivity index (χ1v) is 54.0. The normalized spacial score (nSPS) is 24.2. The van der Waals surface area contributed by atoms with Crippen molar-refractivity contribution in [1.82, 2.24) is 0 Å². The van der Waals surface area contributed by atoms with Gasteiger partial charge in [0.2, 0.25) is 0 Å². The second-order valence-electron chi connectivity index (χ2n) is 23.0. The second kappa shape index (κ2) is 23.4. The van der Waals surface area contributed by atoms with Gasteiger partial charge in [0, 0.05) is 36.4 Å². The lowest BCUT2D eigenvalue weighted by Crippen LogP contribution is -3.03. The molecule has 0 heterocycles. The third-order valence-electron chi connectivity index (χ3n) is 16.6. The summed E-state index contributed by atoms with van der Waals surface area (Å²) in [5.41, 5.74) is 5.93. The van der Waals surface area contributed by atoms with Crippen LogP contribution in [0.3, 0.4) is 0 Å². The molecule has 0 aromatic rings. The standard InChI is InChI=1S/C48H100O8Si9/c1-16-52-60(11,40-44-32-24-20-25-33-44)48(61(12,53-17-2)41-45-34-26-21-27-35-45,62(13,54-18-3)42-46-36-28-22-29-37-46)64(15,65(57(5,6)49,58(7,8)50)59(9,10)51)56-63(14,55-19-4)43-47-38-30-23-31-39-47/h32,34,36,38,49-51H,16-31,33,35,37,39-43H2,1-15H3. The quantitative estimate of drug-likeness (QED) is 0.0581. The average molecular weight is 1060 g/mol. The zero-order valence-electron chi connectivity index (χ0n) is 44.7. The summed E-state index contributed by atoms with van der Waals surface area (Å²) < 4.78 is 39.9. The first-order valence-electron chi connectivity index (χ1n) is 26.4. The maximum atomic E-state index is 14.1. The molecule has 5 unspecified atom stereocenters. The first kappa shape index (κ1) is 58.2. The fourth-order valence-electron chi connectivity index (χ4n) is 16.3. The van der Waals surface area contributed by atoms with Crippen LogP contribution in [0.4, 0.5) is 0 Å². The minimum atomic E-state index is -4.03. The lowest BCUT2D eigenvalue weighted by molar-refractivity contribution is 0.248. The van der Waals surface area contributed by atoms with Crippen LogP contribution in [0.25, 0.3) is 0 Å². The van der Waals surface area contributed by atoms with Crippen LogP contribution in [-0.2, 0) is 21.8 Å². The topological polar surface area (TPSA) is 107 Å². The summed E-state index contributed by atoms with van der Waals surface area (Å²) in [5, 5.41) is 0. The SMILES string of the molecule is CCO[Si](C)(CC1=CCCCC1)O[Si](C)(C([Si](C)(CC1=CCCCC1)OCC)([Si](C)(CC1=CCCCC1)OCC)[Si](C)(CC1=CCCCC1)OCC)[Si]([Si](C)(C)O)([Si](C)(C)O)[Si](C)(C)O. The Morgan fingerprint density at radius 2 is 0.692 bits per heavy atom. The van der Waals surface area contributed by atoms with Gasteiger partial charge in [-0.15, -0.1) is 0 Å². The molecule has 0 amide bonds. The van der Waals surface area contributed by atoms with Crippen LogP contribution in [0.1, 0.15) is 130 Å². The maximum absolute atomic E-state index is 14.1. The Bertz CT molecular complexity index is 1550. The van der Waals surface area contributed by atoms with Crippen LogP contribution >= 0.6 is 0 Å². The first-order chi connectivity index (χ1) is 30.3. The summed E-state index contributed by atoms with van der Waals surface area (Å²) in [5.74, 6) is 0. The van der Waals surface area contributed by atoms with Crippen LogP contribution in [-0.4, -0.2) is 112 Å². The van der Waals surface area contributed by atoms with Crippen molar-refractivity contribution in [2.75, 3.05) is 26.4 Å². The van der Waals surface area contributed by atoms with Gasteiger partial charge in [0.1, 0.15) is 0 Å². The van der Waals surface area contributed by atoms with Crippen molar-refractivity contribution in [1.29, 1.82) is 0 Å². The maximum Gasteiger partial charge on any atom is 0.328 e. The Morgan fingerprint density at radius 1 is 0.415 bits per heavy atom. The Kier molecular flexibility index (Phi) is 21.0. The van der Waals surface area contributed by atoms with Crippen molar-refractivity contribution < 1.29 is 36.2 Å². The lowest BCUT2D eigenvalue weighted by Gasteiger charge is -2.74. The van der Waals surface area contributed by atoms with E-state index in [1.165, 1.54) is 73.7 Å². The molecule has 0 aromatic heterocycles. The average Bonchev–Trinajstić information content (AvgIpc) is 3.18. The molecule has 8 nitrogen and oxygen atoms in total. The fourth-order valence-corrected chi connectivity index (χ4v) is 203. The molecule has 376 valence electrons. The predicted octanol–water partition coefficient (Wildman–Crippen LogP) is 13.2. The Morgan fingerprint density at radius 3 is 0.923 bits per heavy atom. The lowest BCUT2D eigenvalue weighted by atomic mass is 10.0. The van der Waals surface area contributed by atoms with Crippen molar-refractivity contribution in [2.24, 2.45) is 0 Å². The third-order valence-corrected chi connectivity index (χ3v) is 147. The highest BCUT2D eigenvalue weighted by atomic mass is 30.2. The van der Waals surface area contributed by atoms with Crippen molar-refractivity contribution in [3.63, 3.8) is 0 Å². The molecule has 0 bridgehead atoms. The van der Waals surface area contributed by atoms with Gasteiger partial charge in [0.15, 0.2) is 62.4 Å². The van der Waals surface area contributed by atoms with Crippen molar-refractivity contribution in [3.8, 4) is 0 Å². The van der Waals surface area contributed by atoms with Gasteiger partial charge in [0.25, 0.3) is 0 Å². The zero-order valence-corrected chi connectivity index (χ0v) is 53.7. The van der Waals surface area contributed by atoms with E-state index in [4.69, 9.17) is 21.8 Å². The van der Waals surface area contributed by atoms with E-state index < -0.39 is 74.9 Å². The van der Waals surface area contributed by atoms with Gasteiger partial charge in [-0.3, -0.25) is 0 Å². The van der Waals surface area contributed by atoms with E-state index in [1.807, 2.05) is 0 Å². The highest BCUT2D eigenvalue weighted by Crippen LogP contribution is 2.70. The summed E-state index contributed by atoms with van der Waals surface area (Å²) >= 11 is 0. The van der Waals surface area contributed by atoms with Crippen LogP contribution in [0.15, 0.2) is 46.6 Å². The zero-order chi connectivity index (χ0) is 48.6. The minimum absolute atomic E-state index is 0.523. The molecule has 5 atom stereocenters. The van der Waals surface area contributed by atoms with Gasteiger partial charge < -0.3 is 36.2 Å². The molecule has 17 heteroatoms. The van der Waals surface area contributed by atoms with E-state index >= 15 is 0 Å². The molecule has 65 heavy (non-hydrogen) atoms. The Labute approximate surface area is 408 Å². The van der Waals surface area contributed by atoms with Gasteiger partial charge in [-0.25, -0.2) is 0 Å². The van der Waals surface area contributed by atoms with E-state index in [9.17, 15) is 14.4 Å². The molecule has 4 aliphatic carbocycles. The molecule has 4 aliphatic rings. The highest BCUT2D eigenvalue weighted by molar-refractivity contribution is 8.05. The van der Waals surface area contributed by atoms with E-state index in [0.29, 0.717) is 26.4 Å². The minimum Gasteiger partial charge on any atom is -0.439 e. The van der Waals surface area contributed by atoms with Gasteiger partial charge in [-0.1, -0.05) is 46.6 Å². The highest BCUT2D eigenvalue weighted by Gasteiger charge is 2.91. The Hall–Kier alpha value is 0.592. The molecule has 0 spiro atoms. The molecule has 4 rings (SSSR count). The second-order valence-corrected chi connectivity index (χ2v) is 86.8. The summed E-state index contributed by atoms with van der Waals surface area (Å²) in [6.07, 6.45) is 24.3. The number of hydrogen-bond acceptors (Lipinski definition) is 8. The van der Waals surface area contributed by atoms with Gasteiger partial charge in [-0.2, -0.15) is 0 Å². The van der Waals surface area contributed by atoms with Gasteiger partial charge in [0.05, 0.1) is 0 Å². The predicted molar refractivity (Wildman–Crippen MR) is 299 cm³/mol. The van der Waals surface area contributed by atoms with Crippen LogP contribution in [0, 0.1) is 0 Å². The molecule has 0 aliphatic heterocycles. The van der Waals surface area contributed by atoms with Crippen molar-refractivity contribution in [2.45, 2.75) is 231 Å². The van der Waals surface area contributed by atoms with E-state index in [1.54, 1.807) is 0 Å². The van der Waals surface area contributed by atoms with Gasteiger partial charge >= 0.3 is 8.56 Å². The summed E-state index contributed by atoms with van der Waals surface area (Å²) in [6, 6.07) is 3.32. The largest absolute Gasteiger partial charge is 0.439 e. The molecule has 3 N–H and O–H groups in total. The molecule has 0 saturated carbocycles. The van der Waals surface area contributed by atoms with Crippen LogP contribution in [0.5, 0.6) is 0 Å². The molecule has 0 fully saturated rings. The molecule has 0 saturated heterocycles. The van der Waals surface area contributed by atoms with E-state index in [2.05, 4.69) is 124 Å². The van der Waals surface area contributed by atoms with E-state index in [-0.39, 0.29) is 0 Å². The van der Waals surface area contributed by atoms with Crippen molar-refractivity contribution >= 4 is 71.0 Å². The van der Waals surface area contributed by atoms with Gasteiger partial charge in [-0.05, 0) is 221 Å². The van der Waals surface area contributed by atoms with Crippen LogP contribution in [0.2, 0.25) is 100 Å². The molecule has 0 radical (unpaired) electrons. The summed E-state index contributed by atoms with van der Waals surface area (Å²) in [7, 11) is -28.2. The third kappa shape index (κ3) is 11.8. The summed E-state index contributed by atoms with van der Waals surface area (Å²) in [6.45, 7) is 36.3. The Balaban J connectivity index is 2.53. The number of hydrogen-bond donors (Lipinski definition) is 3. The van der Waals surface area contributed by atoms with E-state index in [0.717, 1.165) is 75.5 Å². The molecular formula is C48H100O8Si9. The fraction of sp³-hybridized carbons (Fsp3) is 0.833.